The maximum absolute atomic E-state index is 6.31. The largest absolute Gasteiger partial charge is 0.324 e. The monoisotopic (exact) mass is 221 g/mol. The summed E-state index contributed by atoms with van der Waals surface area (Å²) >= 11 is 2.06. The van der Waals surface area contributed by atoms with E-state index in [0.717, 1.165) is 0 Å². The van der Waals surface area contributed by atoms with Crippen LogP contribution >= 0.6 is 11.8 Å². The second-order valence-corrected chi connectivity index (χ2v) is 5.61. The van der Waals surface area contributed by atoms with Gasteiger partial charge in [-0.2, -0.15) is 11.8 Å². The van der Waals surface area contributed by atoms with Gasteiger partial charge in [0.05, 0.1) is 0 Å². The summed E-state index contributed by atoms with van der Waals surface area (Å²) in [5.41, 5.74) is 8.92. The molecule has 1 atom stereocenters. The molecule has 15 heavy (non-hydrogen) atoms. The van der Waals surface area contributed by atoms with Crippen molar-refractivity contribution in [3.05, 3.63) is 35.4 Å². The molecule has 1 fully saturated rings. The van der Waals surface area contributed by atoms with Crippen molar-refractivity contribution in [3.8, 4) is 0 Å². The minimum atomic E-state index is 0.242. The fraction of sp³-hybridized carbons (Fsp3) is 0.538. The Balaban J connectivity index is 2.05. The van der Waals surface area contributed by atoms with Crippen LogP contribution in [0.15, 0.2) is 24.3 Å². The summed E-state index contributed by atoms with van der Waals surface area (Å²) < 4.78 is 0. The summed E-state index contributed by atoms with van der Waals surface area (Å²) in [4.78, 5) is 0. The number of thioether (sulfide) groups is 1. The Morgan fingerprint density at radius 1 is 1.20 bits per heavy atom. The second-order valence-electron chi connectivity index (χ2n) is 4.39. The predicted octanol–water partition coefficient (Wildman–Crippen LogP) is 3.14. The standard InChI is InChI=1S/C13H19NS/c1-10-2-4-11(5-3-10)13(14)12-6-8-15-9-7-12/h2-5,12-13H,6-9,14H2,1H3. The molecule has 1 aromatic carbocycles. The molecule has 1 nitrogen and oxygen atoms in total. The Hall–Kier alpha value is -0.470. The number of benzene rings is 1. The molecule has 0 bridgehead atoms. The molecule has 0 spiro atoms. The van der Waals surface area contributed by atoms with Gasteiger partial charge in [0.2, 0.25) is 0 Å². The Kier molecular flexibility index (Phi) is 3.71. The normalized spacial score (nSPS) is 20.1. The first kappa shape index (κ1) is 11.0. The lowest BCUT2D eigenvalue weighted by molar-refractivity contribution is 0.404. The van der Waals surface area contributed by atoms with E-state index in [0.29, 0.717) is 5.92 Å². The maximum Gasteiger partial charge on any atom is 0.0324 e. The van der Waals surface area contributed by atoms with E-state index in [-0.39, 0.29) is 6.04 Å². The Labute approximate surface area is 96.4 Å². The van der Waals surface area contributed by atoms with Gasteiger partial charge in [0.1, 0.15) is 0 Å². The van der Waals surface area contributed by atoms with Crippen LogP contribution in [0, 0.1) is 12.8 Å². The van der Waals surface area contributed by atoms with Gasteiger partial charge in [-0.3, -0.25) is 0 Å². The summed E-state index contributed by atoms with van der Waals surface area (Å²) in [7, 11) is 0. The molecular formula is C13H19NS. The van der Waals surface area contributed by atoms with Crippen LogP contribution < -0.4 is 5.73 Å². The van der Waals surface area contributed by atoms with Crippen LogP contribution in [0.1, 0.15) is 30.0 Å². The third-order valence-electron chi connectivity index (χ3n) is 3.24. The average molecular weight is 221 g/mol. The fourth-order valence-electron chi connectivity index (χ4n) is 2.14. The molecule has 2 N–H and O–H groups in total. The second kappa shape index (κ2) is 5.04. The molecule has 0 saturated carbocycles. The molecule has 1 unspecified atom stereocenters. The molecular weight excluding hydrogens is 202 g/mol. The van der Waals surface area contributed by atoms with Crippen molar-refractivity contribution in [2.75, 3.05) is 11.5 Å². The van der Waals surface area contributed by atoms with E-state index < -0.39 is 0 Å². The molecule has 1 aliphatic rings. The zero-order valence-electron chi connectivity index (χ0n) is 9.28. The third-order valence-corrected chi connectivity index (χ3v) is 4.28. The van der Waals surface area contributed by atoms with E-state index in [4.69, 9.17) is 5.73 Å². The van der Waals surface area contributed by atoms with Crippen LogP contribution in [-0.4, -0.2) is 11.5 Å². The van der Waals surface area contributed by atoms with Gasteiger partial charge in [-0.25, -0.2) is 0 Å². The van der Waals surface area contributed by atoms with E-state index >= 15 is 0 Å². The highest BCUT2D eigenvalue weighted by Gasteiger charge is 2.21. The molecule has 1 aromatic rings. The van der Waals surface area contributed by atoms with Crippen molar-refractivity contribution in [2.45, 2.75) is 25.8 Å². The summed E-state index contributed by atoms with van der Waals surface area (Å²) in [6.07, 6.45) is 2.55. The van der Waals surface area contributed by atoms with Crippen molar-refractivity contribution in [1.82, 2.24) is 0 Å². The molecule has 2 rings (SSSR count). The number of rotatable bonds is 2. The molecule has 1 saturated heterocycles. The van der Waals surface area contributed by atoms with Gasteiger partial charge >= 0.3 is 0 Å². The van der Waals surface area contributed by atoms with Crippen LogP contribution in [0.4, 0.5) is 0 Å². The summed E-state index contributed by atoms with van der Waals surface area (Å²) in [5, 5.41) is 0. The number of hydrogen-bond donors (Lipinski definition) is 1. The number of hydrogen-bond acceptors (Lipinski definition) is 2. The van der Waals surface area contributed by atoms with Gasteiger partial charge in [-0.15, -0.1) is 0 Å². The molecule has 1 heterocycles. The first-order valence-corrected chi connectivity index (χ1v) is 6.83. The van der Waals surface area contributed by atoms with Gasteiger partial charge in [-0.1, -0.05) is 29.8 Å². The van der Waals surface area contributed by atoms with Crippen molar-refractivity contribution in [2.24, 2.45) is 11.7 Å². The van der Waals surface area contributed by atoms with Crippen LogP contribution in [0.3, 0.4) is 0 Å². The van der Waals surface area contributed by atoms with E-state index in [1.165, 1.54) is 35.5 Å². The van der Waals surface area contributed by atoms with Crippen molar-refractivity contribution in [3.63, 3.8) is 0 Å². The van der Waals surface area contributed by atoms with Gasteiger partial charge in [-0.05, 0) is 42.8 Å². The molecule has 0 amide bonds. The fourth-order valence-corrected chi connectivity index (χ4v) is 3.28. The van der Waals surface area contributed by atoms with Crippen molar-refractivity contribution in [1.29, 1.82) is 0 Å². The van der Waals surface area contributed by atoms with E-state index in [1.807, 2.05) is 0 Å². The van der Waals surface area contributed by atoms with Gasteiger partial charge < -0.3 is 5.73 Å². The van der Waals surface area contributed by atoms with Crippen molar-refractivity contribution >= 4 is 11.8 Å². The topological polar surface area (TPSA) is 26.0 Å². The Morgan fingerprint density at radius 2 is 1.80 bits per heavy atom. The van der Waals surface area contributed by atoms with Crippen molar-refractivity contribution < 1.29 is 0 Å². The SMILES string of the molecule is Cc1ccc(C(N)C2CCSCC2)cc1. The van der Waals surface area contributed by atoms with Gasteiger partial charge in [0.25, 0.3) is 0 Å². The zero-order chi connectivity index (χ0) is 10.7. The highest BCUT2D eigenvalue weighted by molar-refractivity contribution is 7.99. The minimum absolute atomic E-state index is 0.242. The zero-order valence-corrected chi connectivity index (χ0v) is 10.1. The Bertz CT molecular complexity index is 301. The van der Waals surface area contributed by atoms with E-state index in [1.54, 1.807) is 0 Å². The molecule has 82 valence electrons. The molecule has 2 heteroatoms. The minimum Gasteiger partial charge on any atom is -0.324 e. The van der Waals surface area contributed by atoms with Gasteiger partial charge in [0, 0.05) is 6.04 Å². The van der Waals surface area contributed by atoms with Crippen LogP contribution in [0.25, 0.3) is 0 Å². The highest BCUT2D eigenvalue weighted by atomic mass is 32.2. The molecule has 0 aromatic heterocycles. The number of nitrogens with two attached hydrogens (primary N) is 1. The quantitative estimate of drug-likeness (QED) is 0.830. The summed E-state index contributed by atoms with van der Waals surface area (Å²) in [5.74, 6) is 3.25. The first-order chi connectivity index (χ1) is 7.27. The van der Waals surface area contributed by atoms with E-state index in [2.05, 4.69) is 43.0 Å². The third kappa shape index (κ3) is 2.76. The number of aryl methyl sites for hydroxylation is 1. The van der Waals surface area contributed by atoms with E-state index in [9.17, 15) is 0 Å². The van der Waals surface area contributed by atoms with Gasteiger partial charge in [0.15, 0.2) is 0 Å². The smallest absolute Gasteiger partial charge is 0.0324 e. The summed E-state index contributed by atoms with van der Waals surface area (Å²) in [6.45, 7) is 2.12. The predicted molar refractivity (Wildman–Crippen MR) is 68.2 cm³/mol. The lowest BCUT2D eigenvalue weighted by atomic mass is 9.89. The first-order valence-electron chi connectivity index (χ1n) is 5.67. The van der Waals surface area contributed by atoms with Crippen LogP contribution in [0.2, 0.25) is 0 Å². The lowest BCUT2D eigenvalue weighted by Crippen LogP contribution is -2.24. The van der Waals surface area contributed by atoms with Crippen LogP contribution in [0.5, 0.6) is 0 Å². The lowest BCUT2D eigenvalue weighted by Gasteiger charge is -2.27. The average Bonchev–Trinajstić information content (AvgIpc) is 2.30. The maximum atomic E-state index is 6.31. The molecule has 1 aliphatic heterocycles. The molecule has 0 aliphatic carbocycles. The Morgan fingerprint density at radius 3 is 2.40 bits per heavy atom. The highest BCUT2D eigenvalue weighted by Crippen LogP contribution is 2.31. The molecule has 0 radical (unpaired) electrons. The van der Waals surface area contributed by atoms with Crippen LogP contribution in [-0.2, 0) is 0 Å². The summed E-state index contributed by atoms with van der Waals surface area (Å²) in [6, 6.07) is 8.93.